The van der Waals surface area contributed by atoms with E-state index < -0.39 is 16.7 Å². The van der Waals surface area contributed by atoms with Gasteiger partial charge in [-0.25, -0.2) is 0 Å². The standard InChI is InChI=1S/C13H10F3N3O3/c1-7-6-18-11(19(20)21)10(17-12(18)22-7)8-3-2-4-9(5-8)13(14,15)16/h2-5,7H,6H2,1H3. The number of alkyl halides is 3. The normalized spacial score (nSPS) is 17.2. The molecule has 0 saturated heterocycles. The zero-order valence-corrected chi connectivity index (χ0v) is 11.3. The maximum absolute atomic E-state index is 12.8. The molecule has 1 aliphatic rings. The van der Waals surface area contributed by atoms with Crippen LogP contribution in [0.2, 0.25) is 0 Å². The lowest BCUT2D eigenvalue weighted by Crippen LogP contribution is -2.10. The van der Waals surface area contributed by atoms with E-state index in [0.29, 0.717) is 0 Å². The minimum absolute atomic E-state index is 0.0275. The summed E-state index contributed by atoms with van der Waals surface area (Å²) in [6, 6.07) is 4.33. The lowest BCUT2D eigenvalue weighted by Gasteiger charge is -2.08. The molecule has 0 amide bonds. The number of ether oxygens (including phenoxy) is 1. The maximum atomic E-state index is 12.8. The van der Waals surface area contributed by atoms with Crippen molar-refractivity contribution in [2.24, 2.45) is 0 Å². The van der Waals surface area contributed by atoms with Gasteiger partial charge in [-0.15, -0.1) is 0 Å². The molecule has 1 aromatic carbocycles. The molecule has 2 aromatic rings. The van der Waals surface area contributed by atoms with Crippen LogP contribution in [0.15, 0.2) is 24.3 Å². The summed E-state index contributed by atoms with van der Waals surface area (Å²) in [5.74, 6) is -0.362. The number of rotatable bonds is 2. The van der Waals surface area contributed by atoms with Gasteiger partial charge in [0.15, 0.2) is 5.69 Å². The average molecular weight is 313 g/mol. The molecule has 0 fully saturated rings. The Morgan fingerprint density at radius 2 is 2.18 bits per heavy atom. The predicted molar refractivity (Wildman–Crippen MR) is 69.4 cm³/mol. The van der Waals surface area contributed by atoms with Gasteiger partial charge in [0.05, 0.1) is 5.56 Å². The van der Waals surface area contributed by atoms with Gasteiger partial charge >= 0.3 is 18.0 Å². The summed E-state index contributed by atoms with van der Waals surface area (Å²) in [7, 11) is 0. The highest BCUT2D eigenvalue weighted by Gasteiger charge is 2.37. The first-order chi connectivity index (χ1) is 10.3. The first-order valence-electron chi connectivity index (χ1n) is 6.36. The summed E-state index contributed by atoms with van der Waals surface area (Å²) in [6.45, 7) is 1.96. The second-order valence-electron chi connectivity index (χ2n) is 4.94. The van der Waals surface area contributed by atoms with Gasteiger partial charge in [-0.2, -0.15) is 22.7 Å². The van der Waals surface area contributed by atoms with Crippen LogP contribution in [0, 0.1) is 10.1 Å². The molecule has 0 aliphatic carbocycles. The summed E-state index contributed by atoms with van der Waals surface area (Å²) >= 11 is 0. The van der Waals surface area contributed by atoms with Gasteiger partial charge in [-0.05, 0) is 24.0 Å². The van der Waals surface area contributed by atoms with Crippen LogP contribution in [0.3, 0.4) is 0 Å². The van der Waals surface area contributed by atoms with Crippen LogP contribution >= 0.6 is 0 Å². The van der Waals surface area contributed by atoms with Crippen LogP contribution in [0.1, 0.15) is 12.5 Å². The second kappa shape index (κ2) is 4.72. The predicted octanol–water partition coefficient (Wildman–Crippen LogP) is 3.26. The lowest BCUT2D eigenvalue weighted by molar-refractivity contribution is -0.391. The van der Waals surface area contributed by atoms with Crippen molar-refractivity contribution in [3.63, 3.8) is 0 Å². The van der Waals surface area contributed by atoms with E-state index in [2.05, 4.69) is 4.98 Å². The van der Waals surface area contributed by atoms with E-state index >= 15 is 0 Å². The Bertz CT molecular complexity index is 755. The average Bonchev–Trinajstić information content (AvgIpc) is 2.93. The molecule has 6 nitrogen and oxygen atoms in total. The van der Waals surface area contributed by atoms with E-state index in [9.17, 15) is 23.3 Å². The number of imidazole rings is 1. The minimum atomic E-state index is -4.53. The highest BCUT2D eigenvalue weighted by atomic mass is 19.4. The SMILES string of the molecule is CC1Cn2c(nc(-c3cccc(C(F)(F)F)c3)c2[N+](=O)[O-])O1. The Morgan fingerprint density at radius 3 is 2.82 bits per heavy atom. The van der Waals surface area contributed by atoms with Crippen molar-refractivity contribution in [1.29, 1.82) is 0 Å². The zero-order chi connectivity index (χ0) is 16.1. The molecule has 0 bridgehead atoms. The Balaban J connectivity index is 2.14. The smallest absolute Gasteiger partial charge is 0.416 e. The van der Waals surface area contributed by atoms with E-state index in [1.807, 2.05) is 0 Å². The van der Waals surface area contributed by atoms with Crippen molar-refractivity contribution in [2.45, 2.75) is 25.7 Å². The Morgan fingerprint density at radius 1 is 1.45 bits per heavy atom. The third kappa shape index (κ3) is 2.28. The number of benzene rings is 1. The molecule has 0 spiro atoms. The molecule has 116 valence electrons. The van der Waals surface area contributed by atoms with Gasteiger partial charge in [0.2, 0.25) is 0 Å². The highest BCUT2D eigenvalue weighted by molar-refractivity contribution is 5.69. The Labute approximate surface area is 122 Å². The number of hydrogen-bond acceptors (Lipinski definition) is 4. The summed E-state index contributed by atoms with van der Waals surface area (Å²) < 4.78 is 44.9. The summed E-state index contributed by atoms with van der Waals surface area (Å²) in [4.78, 5) is 14.6. The van der Waals surface area contributed by atoms with Crippen molar-refractivity contribution < 1.29 is 22.8 Å². The van der Waals surface area contributed by atoms with Crippen LogP contribution < -0.4 is 4.74 Å². The van der Waals surface area contributed by atoms with E-state index in [-0.39, 0.29) is 35.7 Å². The van der Waals surface area contributed by atoms with Crippen LogP contribution in [0.5, 0.6) is 6.01 Å². The molecule has 0 N–H and O–H groups in total. The van der Waals surface area contributed by atoms with Crippen molar-refractivity contribution in [1.82, 2.24) is 9.55 Å². The van der Waals surface area contributed by atoms with Gasteiger partial charge in [0.25, 0.3) is 0 Å². The number of aromatic nitrogens is 2. The fourth-order valence-electron chi connectivity index (χ4n) is 2.37. The van der Waals surface area contributed by atoms with Gasteiger partial charge in [-0.1, -0.05) is 12.1 Å². The van der Waals surface area contributed by atoms with Crippen molar-refractivity contribution in [3.05, 3.63) is 39.9 Å². The fourth-order valence-corrected chi connectivity index (χ4v) is 2.37. The lowest BCUT2D eigenvalue weighted by atomic mass is 10.1. The molecule has 9 heteroatoms. The molecule has 1 unspecified atom stereocenters. The molecular formula is C13H10F3N3O3. The van der Waals surface area contributed by atoms with Gasteiger partial charge in [-0.3, -0.25) is 0 Å². The molecule has 0 saturated carbocycles. The third-order valence-corrected chi connectivity index (χ3v) is 3.29. The molecule has 3 rings (SSSR count). The Kier molecular flexibility index (Phi) is 3.08. The number of nitrogens with zero attached hydrogens (tertiary/aromatic N) is 3. The first kappa shape index (κ1) is 14.4. The third-order valence-electron chi connectivity index (χ3n) is 3.29. The van der Waals surface area contributed by atoms with Crippen LogP contribution in [0.25, 0.3) is 11.3 Å². The first-order valence-corrected chi connectivity index (χ1v) is 6.36. The molecule has 2 heterocycles. The monoisotopic (exact) mass is 313 g/mol. The highest BCUT2D eigenvalue weighted by Crippen LogP contribution is 2.39. The van der Waals surface area contributed by atoms with E-state index in [4.69, 9.17) is 4.74 Å². The molecule has 22 heavy (non-hydrogen) atoms. The number of hydrogen-bond donors (Lipinski definition) is 0. The van der Waals surface area contributed by atoms with Crippen LogP contribution in [-0.4, -0.2) is 20.6 Å². The van der Waals surface area contributed by atoms with Gasteiger partial charge < -0.3 is 14.9 Å². The molecular weight excluding hydrogens is 303 g/mol. The van der Waals surface area contributed by atoms with Gasteiger partial charge in [0.1, 0.15) is 12.6 Å². The minimum Gasteiger partial charge on any atom is -0.440 e. The van der Waals surface area contributed by atoms with E-state index in [1.54, 1.807) is 6.92 Å². The Hall–Kier alpha value is -2.58. The molecule has 1 atom stereocenters. The van der Waals surface area contributed by atoms with Crippen molar-refractivity contribution in [2.75, 3.05) is 0 Å². The molecule has 1 aliphatic heterocycles. The van der Waals surface area contributed by atoms with E-state index in [0.717, 1.165) is 12.1 Å². The van der Waals surface area contributed by atoms with Crippen LogP contribution in [0.4, 0.5) is 19.0 Å². The van der Waals surface area contributed by atoms with E-state index in [1.165, 1.54) is 16.7 Å². The molecule has 1 aromatic heterocycles. The molecule has 0 radical (unpaired) electrons. The summed E-state index contributed by atoms with van der Waals surface area (Å²) in [6.07, 6.45) is -4.80. The maximum Gasteiger partial charge on any atom is 0.416 e. The number of fused-ring (bicyclic) bond motifs is 1. The topological polar surface area (TPSA) is 70.2 Å². The van der Waals surface area contributed by atoms with Gasteiger partial charge in [0, 0.05) is 5.56 Å². The summed E-state index contributed by atoms with van der Waals surface area (Å²) in [5, 5.41) is 11.3. The fraction of sp³-hybridized carbons (Fsp3) is 0.308. The number of nitro groups is 1. The van der Waals surface area contributed by atoms with Crippen LogP contribution in [-0.2, 0) is 12.7 Å². The quantitative estimate of drug-likeness (QED) is 0.630. The largest absolute Gasteiger partial charge is 0.440 e. The second-order valence-corrected chi connectivity index (χ2v) is 4.94. The summed E-state index contributed by atoms with van der Waals surface area (Å²) in [5.41, 5.74) is -0.987. The van der Waals surface area contributed by atoms with Crippen molar-refractivity contribution in [3.8, 4) is 17.3 Å². The number of halogens is 3. The van der Waals surface area contributed by atoms with Crippen molar-refractivity contribution >= 4 is 5.82 Å². The zero-order valence-electron chi connectivity index (χ0n) is 11.3.